The molecule has 2 aliphatic rings. The molecular weight excluding hydrogens is 302 g/mol. The Morgan fingerprint density at radius 1 is 1.21 bits per heavy atom. The highest BCUT2D eigenvalue weighted by Gasteiger charge is 2.29. The summed E-state index contributed by atoms with van der Waals surface area (Å²) in [7, 11) is 0. The van der Waals surface area contributed by atoms with Crippen molar-refractivity contribution in [2.24, 2.45) is 0 Å². The molecule has 3 heterocycles. The molecule has 0 amide bonds. The van der Waals surface area contributed by atoms with Crippen LogP contribution in [0, 0.1) is 6.92 Å². The predicted octanol–water partition coefficient (Wildman–Crippen LogP) is 2.71. The van der Waals surface area contributed by atoms with Crippen LogP contribution in [0.25, 0.3) is 0 Å². The molecule has 1 unspecified atom stereocenters. The molecule has 0 spiro atoms. The zero-order valence-electron chi connectivity index (χ0n) is 14.5. The van der Waals surface area contributed by atoms with Crippen molar-refractivity contribution < 1.29 is 4.74 Å². The highest BCUT2D eigenvalue weighted by molar-refractivity contribution is 5.39. The first-order valence-electron chi connectivity index (χ1n) is 9.02. The van der Waals surface area contributed by atoms with Gasteiger partial charge in [-0.15, -0.1) is 0 Å². The molecule has 0 bridgehead atoms. The molecule has 0 N–H and O–H groups in total. The van der Waals surface area contributed by atoms with Gasteiger partial charge < -0.3 is 14.2 Å². The second-order valence-corrected chi connectivity index (χ2v) is 6.67. The van der Waals surface area contributed by atoms with E-state index in [2.05, 4.69) is 26.4 Å². The number of hydrogen-bond acceptors (Lipinski definition) is 5. The molecule has 0 aromatic carbocycles. The third-order valence-electron chi connectivity index (χ3n) is 5.09. The van der Waals surface area contributed by atoms with Crippen LogP contribution in [0.2, 0.25) is 0 Å². The Labute approximate surface area is 142 Å². The van der Waals surface area contributed by atoms with E-state index in [1.54, 1.807) is 6.20 Å². The maximum Gasteiger partial charge on any atom is 0.234 e. The number of rotatable bonds is 4. The fourth-order valence-electron chi connectivity index (χ4n) is 4.05. The highest BCUT2D eigenvalue weighted by atomic mass is 16.5. The summed E-state index contributed by atoms with van der Waals surface area (Å²) in [5.41, 5.74) is 2.80. The molecule has 24 heavy (non-hydrogen) atoms. The SMILES string of the molecule is CCOc1cncc(N2CCC(n3c(C)nc4c3CCCC4)C2)n1. The first kappa shape index (κ1) is 15.4. The number of nitrogens with zero attached hydrogens (tertiary/aromatic N) is 5. The number of aryl methyl sites for hydroxylation is 2. The van der Waals surface area contributed by atoms with Crippen molar-refractivity contribution in [2.75, 3.05) is 24.6 Å². The zero-order valence-corrected chi connectivity index (χ0v) is 14.5. The summed E-state index contributed by atoms with van der Waals surface area (Å²) in [6, 6.07) is 0.483. The van der Waals surface area contributed by atoms with Crippen molar-refractivity contribution in [3.63, 3.8) is 0 Å². The molecule has 1 aliphatic heterocycles. The summed E-state index contributed by atoms with van der Waals surface area (Å²) >= 11 is 0. The van der Waals surface area contributed by atoms with Gasteiger partial charge in [-0.2, -0.15) is 4.98 Å². The summed E-state index contributed by atoms with van der Waals surface area (Å²) < 4.78 is 7.98. The normalized spacial score (nSPS) is 20.2. The van der Waals surface area contributed by atoms with E-state index in [0.717, 1.165) is 31.7 Å². The van der Waals surface area contributed by atoms with Crippen LogP contribution in [0.1, 0.15) is 49.4 Å². The van der Waals surface area contributed by atoms with Gasteiger partial charge in [-0.3, -0.25) is 4.98 Å². The van der Waals surface area contributed by atoms with E-state index < -0.39 is 0 Å². The minimum absolute atomic E-state index is 0.483. The van der Waals surface area contributed by atoms with Crippen molar-refractivity contribution >= 4 is 5.82 Å². The van der Waals surface area contributed by atoms with Crippen LogP contribution < -0.4 is 9.64 Å². The van der Waals surface area contributed by atoms with Gasteiger partial charge in [-0.05, 0) is 46.0 Å². The Balaban J connectivity index is 1.55. The lowest BCUT2D eigenvalue weighted by molar-refractivity contribution is 0.325. The van der Waals surface area contributed by atoms with Gasteiger partial charge in [0.1, 0.15) is 5.82 Å². The summed E-state index contributed by atoms with van der Waals surface area (Å²) in [4.78, 5) is 16.0. The van der Waals surface area contributed by atoms with E-state index in [1.165, 1.54) is 36.5 Å². The highest BCUT2D eigenvalue weighted by Crippen LogP contribution is 2.32. The molecule has 0 saturated carbocycles. The lowest BCUT2D eigenvalue weighted by atomic mass is 10.0. The molecule has 1 saturated heterocycles. The van der Waals surface area contributed by atoms with Gasteiger partial charge in [-0.25, -0.2) is 4.98 Å². The molecule has 0 radical (unpaired) electrons. The van der Waals surface area contributed by atoms with Crippen LogP contribution in [0.3, 0.4) is 0 Å². The molecule has 128 valence electrons. The number of fused-ring (bicyclic) bond motifs is 1. The van der Waals surface area contributed by atoms with Crippen LogP contribution in [0.15, 0.2) is 12.4 Å². The average Bonchev–Trinajstić information content (AvgIpc) is 3.18. The topological polar surface area (TPSA) is 56.1 Å². The first-order valence-corrected chi connectivity index (χ1v) is 9.02. The van der Waals surface area contributed by atoms with Gasteiger partial charge in [0.15, 0.2) is 5.82 Å². The molecule has 1 atom stereocenters. The van der Waals surface area contributed by atoms with Crippen molar-refractivity contribution in [3.8, 4) is 5.88 Å². The van der Waals surface area contributed by atoms with E-state index in [4.69, 9.17) is 9.72 Å². The second-order valence-electron chi connectivity index (χ2n) is 6.67. The first-order chi connectivity index (χ1) is 11.8. The van der Waals surface area contributed by atoms with E-state index in [1.807, 2.05) is 13.1 Å². The van der Waals surface area contributed by atoms with Crippen molar-refractivity contribution in [2.45, 2.75) is 52.0 Å². The zero-order chi connectivity index (χ0) is 16.5. The molecule has 1 fully saturated rings. The smallest absolute Gasteiger partial charge is 0.234 e. The fourth-order valence-corrected chi connectivity index (χ4v) is 4.05. The third-order valence-corrected chi connectivity index (χ3v) is 5.09. The fraction of sp³-hybridized carbons (Fsp3) is 0.611. The van der Waals surface area contributed by atoms with Gasteiger partial charge in [-0.1, -0.05) is 0 Å². The van der Waals surface area contributed by atoms with Gasteiger partial charge >= 0.3 is 0 Å². The van der Waals surface area contributed by atoms with Crippen molar-refractivity contribution in [3.05, 3.63) is 29.6 Å². The lowest BCUT2D eigenvalue weighted by Gasteiger charge is -2.21. The largest absolute Gasteiger partial charge is 0.477 e. The molecule has 2 aromatic heterocycles. The van der Waals surface area contributed by atoms with Crippen LogP contribution in [0.4, 0.5) is 5.82 Å². The average molecular weight is 327 g/mol. The number of hydrogen-bond donors (Lipinski definition) is 0. The summed E-state index contributed by atoms with van der Waals surface area (Å²) in [5.74, 6) is 2.69. The molecule has 6 heteroatoms. The predicted molar refractivity (Wildman–Crippen MR) is 92.7 cm³/mol. The Morgan fingerprint density at radius 2 is 2.08 bits per heavy atom. The molecule has 2 aromatic rings. The minimum atomic E-state index is 0.483. The Bertz CT molecular complexity index is 726. The van der Waals surface area contributed by atoms with E-state index in [0.29, 0.717) is 18.5 Å². The van der Waals surface area contributed by atoms with Gasteiger partial charge in [0.05, 0.1) is 30.7 Å². The van der Waals surface area contributed by atoms with Crippen molar-refractivity contribution in [1.82, 2.24) is 19.5 Å². The van der Waals surface area contributed by atoms with Gasteiger partial charge in [0, 0.05) is 18.8 Å². The van der Waals surface area contributed by atoms with Crippen LogP contribution in [-0.4, -0.2) is 39.2 Å². The Morgan fingerprint density at radius 3 is 2.96 bits per heavy atom. The molecule has 6 nitrogen and oxygen atoms in total. The third kappa shape index (κ3) is 2.74. The maximum atomic E-state index is 5.48. The molecular formula is C18H25N5O. The van der Waals surface area contributed by atoms with Crippen LogP contribution in [-0.2, 0) is 12.8 Å². The molecule has 1 aliphatic carbocycles. The Hall–Kier alpha value is -2.11. The van der Waals surface area contributed by atoms with Crippen molar-refractivity contribution in [1.29, 1.82) is 0 Å². The molecule has 4 rings (SSSR count). The number of ether oxygens (including phenoxy) is 1. The maximum absolute atomic E-state index is 5.48. The minimum Gasteiger partial charge on any atom is -0.477 e. The van der Waals surface area contributed by atoms with E-state index in [9.17, 15) is 0 Å². The lowest BCUT2D eigenvalue weighted by Crippen LogP contribution is -2.23. The number of anilines is 1. The monoisotopic (exact) mass is 327 g/mol. The summed E-state index contributed by atoms with van der Waals surface area (Å²) in [6.07, 6.45) is 9.52. The van der Waals surface area contributed by atoms with Crippen LogP contribution >= 0.6 is 0 Å². The number of imidazole rings is 1. The van der Waals surface area contributed by atoms with Crippen LogP contribution in [0.5, 0.6) is 5.88 Å². The standard InChI is InChI=1S/C18H25N5O/c1-3-24-18-11-19-10-17(21-18)22-9-8-14(12-22)23-13(2)20-15-6-4-5-7-16(15)23/h10-11,14H,3-9,12H2,1-2H3. The van der Waals surface area contributed by atoms with E-state index >= 15 is 0 Å². The second kappa shape index (κ2) is 6.42. The Kier molecular flexibility index (Phi) is 4.12. The van der Waals surface area contributed by atoms with Gasteiger partial charge in [0.25, 0.3) is 0 Å². The number of aromatic nitrogens is 4. The summed E-state index contributed by atoms with van der Waals surface area (Å²) in [6.45, 7) is 6.69. The quantitative estimate of drug-likeness (QED) is 0.864. The van der Waals surface area contributed by atoms with E-state index in [-0.39, 0.29) is 0 Å². The van der Waals surface area contributed by atoms with Gasteiger partial charge in [0.2, 0.25) is 5.88 Å². The summed E-state index contributed by atoms with van der Waals surface area (Å²) in [5, 5.41) is 0.